The summed E-state index contributed by atoms with van der Waals surface area (Å²) in [5.41, 5.74) is 5.22. The fraction of sp³-hybridized carbons (Fsp3) is 0.368. The number of amides is 1. The first-order valence-corrected chi connectivity index (χ1v) is 9.37. The molecule has 6 heteroatoms. The van der Waals surface area contributed by atoms with Gasteiger partial charge in [-0.05, 0) is 48.1 Å². The number of nitrogens with one attached hydrogen (secondary N) is 1. The molecule has 0 radical (unpaired) electrons. The number of nitrogens with zero attached hydrogens (tertiary/aromatic N) is 1. The molecule has 0 unspecified atom stereocenters. The van der Waals surface area contributed by atoms with Crippen LogP contribution in [0, 0.1) is 0 Å². The van der Waals surface area contributed by atoms with Crippen LogP contribution >= 0.6 is 22.9 Å². The minimum atomic E-state index is -0.427. The predicted molar refractivity (Wildman–Crippen MR) is 105 cm³/mol. The Bertz CT molecular complexity index is 810. The van der Waals surface area contributed by atoms with Gasteiger partial charge in [0.05, 0.1) is 20.5 Å². The van der Waals surface area contributed by atoms with E-state index in [4.69, 9.17) is 11.6 Å². The quantitative estimate of drug-likeness (QED) is 0.532. The lowest BCUT2D eigenvalue weighted by molar-refractivity contribution is 0.0952. The van der Waals surface area contributed by atoms with Crippen molar-refractivity contribution in [2.45, 2.75) is 46.5 Å². The van der Waals surface area contributed by atoms with E-state index < -0.39 is 5.91 Å². The van der Waals surface area contributed by atoms with Gasteiger partial charge < -0.3 is 5.11 Å². The van der Waals surface area contributed by atoms with Crippen LogP contribution in [0.15, 0.2) is 29.4 Å². The Balaban J connectivity index is 2.32. The summed E-state index contributed by atoms with van der Waals surface area (Å²) in [6, 6.07) is 7.33. The van der Waals surface area contributed by atoms with Crippen molar-refractivity contribution in [1.29, 1.82) is 0 Å². The molecule has 0 saturated heterocycles. The largest absolute Gasteiger partial charge is 0.507 e. The fourth-order valence-corrected chi connectivity index (χ4v) is 3.37. The number of carbonyl (C=O) groups excluding carboxylic acids is 1. The van der Waals surface area contributed by atoms with E-state index in [2.05, 4.69) is 24.4 Å². The first-order valence-electron chi connectivity index (χ1n) is 8.17. The van der Waals surface area contributed by atoms with Crippen LogP contribution in [-0.4, -0.2) is 16.7 Å². The molecule has 0 fully saturated rings. The summed E-state index contributed by atoms with van der Waals surface area (Å²) in [5.74, 6) is -0.0419. The van der Waals surface area contributed by atoms with E-state index in [0.29, 0.717) is 10.0 Å². The highest BCUT2D eigenvalue weighted by Gasteiger charge is 2.19. The molecular weight excluding hydrogens is 356 g/mol. The van der Waals surface area contributed by atoms with Gasteiger partial charge in [-0.2, -0.15) is 5.10 Å². The predicted octanol–water partition coefficient (Wildman–Crippen LogP) is 5.51. The second-order valence-electron chi connectivity index (χ2n) is 6.56. The summed E-state index contributed by atoms with van der Waals surface area (Å²) in [6.07, 6.45) is 0. The number of carbonyl (C=O) groups is 1. The molecule has 2 aromatic rings. The number of hydrogen-bond acceptors (Lipinski definition) is 4. The van der Waals surface area contributed by atoms with Crippen LogP contribution in [0.1, 0.15) is 72.8 Å². The van der Waals surface area contributed by atoms with Crippen LogP contribution in [0.3, 0.4) is 0 Å². The third kappa shape index (κ3) is 4.61. The SMILES string of the molecule is C/C(=N\NC(=O)c1cc(C(C)C)cc(C(C)C)c1O)c1ccc(Cl)s1. The maximum atomic E-state index is 12.6. The lowest BCUT2D eigenvalue weighted by atomic mass is 9.92. The van der Waals surface area contributed by atoms with Crippen LogP contribution in [0.5, 0.6) is 5.75 Å². The lowest BCUT2D eigenvalue weighted by Gasteiger charge is -2.16. The first kappa shape index (κ1) is 19.5. The summed E-state index contributed by atoms with van der Waals surface area (Å²) >= 11 is 7.31. The molecule has 4 nitrogen and oxygen atoms in total. The van der Waals surface area contributed by atoms with Crippen LogP contribution < -0.4 is 5.43 Å². The molecule has 25 heavy (non-hydrogen) atoms. The van der Waals surface area contributed by atoms with E-state index in [1.807, 2.05) is 26.0 Å². The van der Waals surface area contributed by atoms with Crippen molar-refractivity contribution in [2.75, 3.05) is 0 Å². The zero-order chi connectivity index (χ0) is 18.7. The Hall–Kier alpha value is -1.85. The maximum Gasteiger partial charge on any atom is 0.275 e. The number of hydrogen-bond donors (Lipinski definition) is 2. The molecule has 0 atom stereocenters. The molecule has 0 saturated carbocycles. The standard InChI is InChI=1S/C19H23ClN2O2S/c1-10(2)13-8-14(11(3)4)18(23)15(9-13)19(24)22-21-12(5)16-6-7-17(20)25-16/h6-11,23H,1-5H3,(H,22,24)/b21-12+. The van der Waals surface area contributed by atoms with Crippen molar-refractivity contribution < 1.29 is 9.90 Å². The molecule has 1 aromatic heterocycles. The van der Waals surface area contributed by atoms with Gasteiger partial charge in [0, 0.05) is 0 Å². The normalized spacial score (nSPS) is 12.1. The molecule has 0 aliphatic heterocycles. The zero-order valence-corrected chi connectivity index (χ0v) is 16.6. The molecule has 1 amide bonds. The molecule has 2 N–H and O–H groups in total. The molecule has 0 spiro atoms. The number of rotatable bonds is 5. The summed E-state index contributed by atoms with van der Waals surface area (Å²) < 4.78 is 0.666. The van der Waals surface area contributed by atoms with Crippen molar-refractivity contribution in [1.82, 2.24) is 5.43 Å². The highest BCUT2D eigenvalue weighted by atomic mass is 35.5. The van der Waals surface area contributed by atoms with Crippen LogP contribution in [-0.2, 0) is 0 Å². The van der Waals surface area contributed by atoms with Crippen LogP contribution in [0.4, 0.5) is 0 Å². The second kappa shape index (κ2) is 8.02. The van der Waals surface area contributed by atoms with Crippen molar-refractivity contribution >= 4 is 34.6 Å². The number of thiophene rings is 1. The summed E-state index contributed by atoms with van der Waals surface area (Å²) in [6.45, 7) is 9.89. The molecule has 0 aliphatic carbocycles. The van der Waals surface area contributed by atoms with E-state index in [1.165, 1.54) is 11.3 Å². The Morgan fingerprint density at radius 2 is 1.88 bits per heavy atom. The number of aromatic hydroxyl groups is 1. The average molecular weight is 379 g/mol. The molecular formula is C19H23ClN2O2S. The van der Waals surface area contributed by atoms with E-state index in [0.717, 1.165) is 16.0 Å². The lowest BCUT2D eigenvalue weighted by Crippen LogP contribution is -2.20. The Labute approximate surface area is 157 Å². The van der Waals surface area contributed by atoms with Crippen molar-refractivity contribution in [2.24, 2.45) is 5.10 Å². The third-order valence-corrected chi connectivity index (χ3v) is 5.29. The monoisotopic (exact) mass is 378 g/mol. The van der Waals surface area contributed by atoms with E-state index >= 15 is 0 Å². The van der Waals surface area contributed by atoms with Gasteiger partial charge in [0.2, 0.25) is 0 Å². The van der Waals surface area contributed by atoms with Gasteiger partial charge in [-0.25, -0.2) is 5.43 Å². The molecule has 134 valence electrons. The summed E-state index contributed by atoms with van der Waals surface area (Å²) in [7, 11) is 0. The molecule has 2 rings (SSSR count). The van der Waals surface area contributed by atoms with Gasteiger partial charge in [0.1, 0.15) is 5.75 Å². The molecule has 1 heterocycles. The Kier molecular flexibility index (Phi) is 6.25. The van der Waals surface area contributed by atoms with Crippen molar-refractivity contribution in [3.63, 3.8) is 0 Å². The van der Waals surface area contributed by atoms with Crippen molar-refractivity contribution in [3.05, 3.63) is 50.2 Å². The average Bonchev–Trinajstić information content (AvgIpc) is 2.98. The summed E-state index contributed by atoms with van der Waals surface area (Å²) in [5, 5.41) is 14.6. The number of benzene rings is 1. The molecule has 0 bridgehead atoms. The van der Waals surface area contributed by atoms with Gasteiger partial charge in [-0.15, -0.1) is 11.3 Å². The molecule has 1 aromatic carbocycles. The first-order chi connectivity index (χ1) is 11.7. The fourth-order valence-electron chi connectivity index (χ4n) is 2.39. The zero-order valence-electron chi connectivity index (χ0n) is 15.1. The number of phenolic OH excluding ortho intramolecular Hbond substituents is 1. The van der Waals surface area contributed by atoms with Gasteiger partial charge in [-0.1, -0.05) is 45.4 Å². The van der Waals surface area contributed by atoms with Gasteiger partial charge in [0.15, 0.2) is 0 Å². The minimum Gasteiger partial charge on any atom is -0.507 e. The van der Waals surface area contributed by atoms with Gasteiger partial charge in [0.25, 0.3) is 5.91 Å². The Morgan fingerprint density at radius 3 is 2.40 bits per heavy atom. The second-order valence-corrected chi connectivity index (χ2v) is 8.27. The highest BCUT2D eigenvalue weighted by molar-refractivity contribution is 7.18. The smallest absolute Gasteiger partial charge is 0.275 e. The maximum absolute atomic E-state index is 12.6. The van der Waals surface area contributed by atoms with Crippen LogP contribution in [0.25, 0.3) is 0 Å². The van der Waals surface area contributed by atoms with E-state index in [-0.39, 0.29) is 23.1 Å². The minimum absolute atomic E-state index is 0.0175. The third-order valence-electron chi connectivity index (χ3n) is 3.95. The highest BCUT2D eigenvalue weighted by Crippen LogP contribution is 2.33. The number of hydrazone groups is 1. The van der Waals surface area contributed by atoms with E-state index in [1.54, 1.807) is 19.1 Å². The van der Waals surface area contributed by atoms with Gasteiger partial charge in [-0.3, -0.25) is 4.79 Å². The molecule has 0 aliphatic rings. The number of phenols is 1. The van der Waals surface area contributed by atoms with Gasteiger partial charge >= 0.3 is 0 Å². The topological polar surface area (TPSA) is 61.7 Å². The van der Waals surface area contributed by atoms with Crippen LogP contribution in [0.2, 0.25) is 4.34 Å². The number of halogens is 1. The Morgan fingerprint density at radius 1 is 1.20 bits per heavy atom. The van der Waals surface area contributed by atoms with E-state index in [9.17, 15) is 9.90 Å². The van der Waals surface area contributed by atoms with Crippen molar-refractivity contribution in [3.8, 4) is 5.75 Å². The summed E-state index contributed by atoms with van der Waals surface area (Å²) in [4.78, 5) is 13.4.